The maximum atomic E-state index is 11.3. The lowest BCUT2D eigenvalue weighted by atomic mass is 10.2. The predicted molar refractivity (Wildman–Crippen MR) is 61.8 cm³/mol. The standard InChI is InChI=1S/C10H18N2O2S/c1-10(2,3)14-9(13)12-8(7-11)5-6-15-4/h8H,5-6H2,1-4H3,(H,12,13)/t8-/m0/s1. The quantitative estimate of drug-likeness (QED) is 0.804. The van der Waals surface area contributed by atoms with Crippen LogP contribution in [0.1, 0.15) is 27.2 Å². The summed E-state index contributed by atoms with van der Waals surface area (Å²) in [7, 11) is 0. The van der Waals surface area contributed by atoms with Crippen molar-refractivity contribution in [2.75, 3.05) is 12.0 Å². The van der Waals surface area contributed by atoms with Gasteiger partial charge >= 0.3 is 6.09 Å². The third-order valence-corrected chi connectivity index (χ3v) is 2.10. The molecule has 0 radical (unpaired) electrons. The van der Waals surface area contributed by atoms with Gasteiger partial charge < -0.3 is 10.1 Å². The number of nitrogens with zero attached hydrogens (tertiary/aromatic N) is 1. The van der Waals surface area contributed by atoms with E-state index in [1.807, 2.05) is 12.3 Å². The first-order valence-corrected chi connectivity index (χ1v) is 6.16. The molecule has 0 aromatic carbocycles. The molecule has 0 fully saturated rings. The molecule has 0 aromatic heterocycles. The van der Waals surface area contributed by atoms with Gasteiger partial charge in [-0.2, -0.15) is 17.0 Å². The van der Waals surface area contributed by atoms with Crippen LogP contribution in [-0.4, -0.2) is 29.7 Å². The van der Waals surface area contributed by atoms with Crippen LogP contribution in [0.3, 0.4) is 0 Å². The molecule has 0 aromatic rings. The van der Waals surface area contributed by atoms with Crippen LogP contribution in [0.25, 0.3) is 0 Å². The molecule has 0 bridgehead atoms. The number of rotatable bonds is 4. The lowest BCUT2D eigenvalue weighted by Gasteiger charge is -2.21. The van der Waals surface area contributed by atoms with Gasteiger partial charge in [-0.1, -0.05) is 0 Å². The van der Waals surface area contributed by atoms with E-state index in [0.29, 0.717) is 6.42 Å². The molecule has 0 saturated carbocycles. The number of carbonyl (C=O) groups excluding carboxylic acids is 1. The summed E-state index contributed by atoms with van der Waals surface area (Å²) in [6.07, 6.45) is 2.06. The molecule has 1 amide bonds. The molecule has 0 saturated heterocycles. The molecule has 0 unspecified atom stereocenters. The van der Waals surface area contributed by atoms with E-state index in [1.54, 1.807) is 32.5 Å². The van der Waals surface area contributed by atoms with Gasteiger partial charge in [0.05, 0.1) is 6.07 Å². The van der Waals surface area contributed by atoms with Gasteiger partial charge in [0.25, 0.3) is 0 Å². The van der Waals surface area contributed by atoms with Crippen LogP contribution in [0.2, 0.25) is 0 Å². The van der Waals surface area contributed by atoms with Crippen molar-refractivity contribution in [1.82, 2.24) is 5.32 Å². The van der Waals surface area contributed by atoms with Crippen molar-refractivity contribution in [2.45, 2.75) is 38.8 Å². The van der Waals surface area contributed by atoms with Crippen LogP contribution < -0.4 is 5.32 Å². The Labute approximate surface area is 95.4 Å². The Kier molecular flexibility index (Phi) is 6.18. The molecule has 1 atom stereocenters. The summed E-state index contributed by atoms with van der Waals surface area (Å²) in [5.41, 5.74) is -0.524. The molecule has 0 aliphatic heterocycles. The zero-order valence-corrected chi connectivity index (χ0v) is 10.5. The zero-order chi connectivity index (χ0) is 11.9. The molecule has 0 rings (SSSR count). The maximum Gasteiger partial charge on any atom is 0.408 e. The fourth-order valence-corrected chi connectivity index (χ4v) is 1.33. The molecular formula is C10H18N2O2S. The van der Waals surface area contributed by atoms with Gasteiger partial charge in [-0.25, -0.2) is 4.79 Å². The Morgan fingerprint density at radius 2 is 2.20 bits per heavy atom. The number of carbonyl (C=O) groups is 1. The fourth-order valence-electron chi connectivity index (χ4n) is 0.855. The van der Waals surface area contributed by atoms with E-state index in [2.05, 4.69) is 5.32 Å². The van der Waals surface area contributed by atoms with Crippen molar-refractivity contribution in [3.63, 3.8) is 0 Å². The summed E-state index contributed by atoms with van der Waals surface area (Å²) in [5.74, 6) is 0.841. The molecule has 1 N–H and O–H groups in total. The molecule has 4 nitrogen and oxygen atoms in total. The topological polar surface area (TPSA) is 62.1 Å². The van der Waals surface area contributed by atoms with Gasteiger partial charge in [0.1, 0.15) is 11.6 Å². The van der Waals surface area contributed by atoms with E-state index in [4.69, 9.17) is 10.00 Å². The highest BCUT2D eigenvalue weighted by atomic mass is 32.2. The SMILES string of the molecule is CSCC[C@@H](C#N)NC(=O)OC(C)(C)C. The Bertz CT molecular complexity index is 243. The van der Waals surface area contributed by atoms with Crippen LogP contribution in [0.5, 0.6) is 0 Å². The van der Waals surface area contributed by atoms with E-state index in [9.17, 15) is 4.79 Å². The first-order chi connectivity index (χ1) is 6.89. The Morgan fingerprint density at radius 1 is 1.60 bits per heavy atom. The summed E-state index contributed by atoms with van der Waals surface area (Å²) in [5, 5.41) is 11.3. The second-order valence-corrected chi connectivity index (χ2v) is 5.09. The van der Waals surface area contributed by atoms with Gasteiger partial charge in [0, 0.05) is 0 Å². The molecule has 0 spiro atoms. The van der Waals surface area contributed by atoms with Crippen LogP contribution >= 0.6 is 11.8 Å². The number of nitrogens with one attached hydrogen (secondary N) is 1. The highest BCUT2D eigenvalue weighted by Gasteiger charge is 2.18. The number of amides is 1. The van der Waals surface area contributed by atoms with E-state index < -0.39 is 17.7 Å². The van der Waals surface area contributed by atoms with Crippen LogP contribution in [0.4, 0.5) is 4.79 Å². The Hall–Kier alpha value is -0.890. The van der Waals surface area contributed by atoms with E-state index in [-0.39, 0.29) is 0 Å². The van der Waals surface area contributed by atoms with Crippen LogP contribution in [-0.2, 0) is 4.74 Å². The second-order valence-electron chi connectivity index (χ2n) is 4.11. The van der Waals surface area contributed by atoms with Crippen molar-refractivity contribution in [3.05, 3.63) is 0 Å². The van der Waals surface area contributed by atoms with E-state index in [1.165, 1.54) is 0 Å². The number of ether oxygens (including phenoxy) is 1. The summed E-state index contributed by atoms with van der Waals surface area (Å²) in [4.78, 5) is 11.3. The van der Waals surface area contributed by atoms with Crippen LogP contribution in [0, 0.1) is 11.3 Å². The van der Waals surface area contributed by atoms with Gasteiger partial charge in [0.15, 0.2) is 0 Å². The minimum absolute atomic E-state index is 0.465. The first-order valence-electron chi connectivity index (χ1n) is 4.77. The average molecular weight is 230 g/mol. The number of thioether (sulfide) groups is 1. The van der Waals surface area contributed by atoms with Crippen LogP contribution in [0.15, 0.2) is 0 Å². The molecule has 0 heterocycles. The molecule has 86 valence electrons. The normalized spacial score (nSPS) is 12.7. The minimum Gasteiger partial charge on any atom is -0.444 e. The van der Waals surface area contributed by atoms with Gasteiger partial charge in [-0.3, -0.25) is 0 Å². The highest BCUT2D eigenvalue weighted by Crippen LogP contribution is 2.07. The van der Waals surface area contributed by atoms with Gasteiger partial charge in [-0.15, -0.1) is 0 Å². The first kappa shape index (κ1) is 14.1. The number of nitriles is 1. The highest BCUT2D eigenvalue weighted by molar-refractivity contribution is 7.98. The fraction of sp³-hybridized carbons (Fsp3) is 0.800. The molecule has 5 heteroatoms. The Morgan fingerprint density at radius 3 is 2.60 bits per heavy atom. The summed E-state index contributed by atoms with van der Waals surface area (Å²) >= 11 is 1.64. The largest absolute Gasteiger partial charge is 0.444 e. The number of alkyl carbamates (subject to hydrolysis) is 1. The lowest BCUT2D eigenvalue weighted by molar-refractivity contribution is 0.0515. The maximum absolute atomic E-state index is 11.3. The van der Waals surface area contributed by atoms with Crippen molar-refractivity contribution in [2.24, 2.45) is 0 Å². The monoisotopic (exact) mass is 230 g/mol. The van der Waals surface area contributed by atoms with Crippen molar-refractivity contribution in [3.8, 4) is 6.07 Å². The zero-order valence-electron chi connectivity index (χ0n) is 9.66. The van der Waals surface area contributed by atoms with E-state index in [0.717, 1.165) is 5.75 Å². The van der Waals surface area contributed by atoms with E-state index >= 15 is 0 Å². The third-order valence-electron chi connectivity index (χ3n) is 1.46. The van der Waals surface area contributed by atoms with Crippen molar-refractivity contribution < 1.29 is 9.53 Å². The minimum atomic E-state index is -0.532. The molecular weight excluding hydrogens is 212 g/mol. The average Bonchev–Trinajstić information content (AvgIpc) is 2.09. The van der Waals surface area contributed by atoms with Gasteiger partial charge in [-0.05, 0) is 39.2 Å². The molecule has 0 aliphatic rings. The van der Waals surface area contributed by atoms with Gasteiger partial charge in [0.2, 0.25) is 0 Å². The summed E-state index contributed by atoms with van der Waals surface area (Å²) in [6, 6.07) is 1.56. The number of hydrogen-bond acceptors (Lipinski definition) is 4. The summed E-state index contributed by atoms with van der Waals surface area (Å²) < 4.78 is 5.04. The van der Waals surface area contributed by atoms with Crippen molar-refractivity contribution >= 4 is 17.9 Å². The van der Waals surface area contributed by atoms with Crippen molar-refractivity contribution in [1.29, 1.82) is 5.26 Å². The number of hydrogen-bond donors (Lipinski definition) is 1. The third kappa shape index (κ3) is 8.13. The smallest absolute Gasteiger partial charge is 0.408 e. The molecule has 0 aliphatic carbocycles. The molecule has 15 heavy (non-hydrogen) atoms. The summed E-state index contributed by atoms with van der Waals surface area (Å²) in [6.45, 7) is 5.36. The predicted octanol–water partition coefficient (Wildman–Crippen LogP) is 2.16. The second kappa shape index (κ2) is 6.57. The Balaban J connectivity index is 3.98. The lowest BCUT2D eigenvalue weighted by Crippen LogP contribution is -2.38.